The van der Waals surface area contributed by atoms with E-state index in [1.165, 1.54) is 0 Å². The first kappa shape index (κ1) is 15.9. The third kappa shape index (κ3) is 4.52. The second kappa shape index (κ2) is 8.08. The fourth-order valence-electron chi connectivity index (χ4n) is 2.21. The highest BCUT2D eigenvalue weighted by molar-refractivity contribution is 5.76. The van der Waals surface area contributed by atoms with Crippen molar-refractivity contribution in [1.82, 2.24) is 5.32 Å². The molecule has 0 saturated carbocycles. The minimum Gasteiger partial charge on any atom is -0.496 e. The topological polar surface area (TPSA) is 41.6 Å². The van der Waals surface area contributed by atoms with Crippen molar-refractivity contribution in [2.45, 2.75) is 13.0 Å². The molecule has 0 aromatic heterocycles. The molecular formula is C18H22N2O2. The molecule has 4 heteroatoms. The van der Waals surface area contributed by atoms with E-state index in [1.54, 1.807) is 7.11 Å². The van der Waals surface area contributed by atoms with E-state index in [0.29, 0.717) is 19.5 Å². The monoisotopic (exact) mass is 298 g/mol. The van der Waals surface area contributed by atoms with Crippen LogP contribution in [0.15, 0.2) is 54.6 Å². The van der Waals surface area contributed by atoms with Crippen molar-refractivity contribution in [3.8, 4) is 5.75 Å². The predicted molar refractivity (Wildman–Crippen MR) is 89.2 cm³/mol. The van der Waals surface area contributed by atoms with E-state index in [1.807, 2.05) is 61.6 Å². The zero-order valence-electron chi connectivity index (χ0n) is 13.1. The van der Waals surface area contributed by atoms with Gasteiger partial charge in [-0.1, -0.05) is 36.4 Å². The molecule has 0 fully saturated rings. The van der Waals surface area contributed by atoms with Crippen LogP contribution in [0.2, 0.25) is 0 Å². The standard InChI is InChI=1S/C18H22N2O2/c1-20(16-9-4-3-5-10-16)13-12-18(21)19-14-15-8-6-7-11-17(15)22-2/h3-11H,12-14H2,1-2H3,(H,19,21). The second-order valence-corrected chi connectivity index (χ2v) is 5.10. The van der Waals surface area contributed by atoms with Crippen LogP contribution in [-0.4, -0.2) is 26.6 Å². The molecule has 2 aromatic carbocycles. The number of para-hydroxylation sites is 2. The highest BCUT2D eigenvalue weighted by Gasteiger charge is 2.07. The molecular weight excluding hydrogens is 276 g/mol. The summed E-state index contributed by atoms with van der Waals surface area (Å²) >= 11 is 0. The molecule has 0 bridgehead atoms. The van der Waals surface area contributed by atoms with E-state index in [-0.39, 0.29) is 5.91 Å². The summed E-state index contributed by atoms with van der Waals surface area (Å²) in [6, 6.07) is 17.7. The van der Waals surface area contributed by atoms with Crippen molar-refractivity contribution < 1.29 is 9.53 Å². The summed E-state index contributed by atoms with van der Waals surface area (Å²) in [5.74, 6) is 0.831. The molecule has 0 heterocycles. The summed E-state index contributed by atoms with van der Waals surface area (Å²) in [4.78, 5) is 14.0. The van der Waals surface area contributed by atoms with Gasteiger partial charge in [0.05, 0.1) is 7.11 Å². The van der Waals surface area contributed by atoms with Crippen molar-refractivity contribution >= 4 is 11.6 Å². The van der Waals surface area contributed by atoms with E-state index in [2.05, 4.69) is 10.2 Å². The molecule has 0 aliphatic rings. The molecule has 0 radical (unpaired) electrons. The smallest absolute Gasteiger partial charge is 0.222 e. The van der Waals surface area contributed by atoms with Crippen molar-refractivity contribution in [3.63, 3.8) is 0 Å². The molecule has 0 spiro atoms. The predicted octanol–water partition coefficient (Wildman–Crippen LogP) is 2.84. The van der Waals surface area contributed by atoms with Crippen molar-refractivity contribution in [2.24, 2.45) is 0 Å². The number of benzene rings is 2. The highest BCUT2D eigenvalue weighted by atomic mass is 16.5. The maximum atomic E-state index is 12.0. The number of nitrogens with one attached hydrogen (secondary N) is 1. The highest BCUT2D eigenvalue weighted by Crippen LogP contribution is 2.16. The molecule has 1 N–H and O–H groups in total. The molecule has 0 atom stereocenters. The van der Waals surface area contributed by atoms with Crippen LogP contribution in [0.25, 0.3) is 0 Å². The normalized spacial score (nSPS) is 10.1. The van der Waals surface area contributed by atoms with Crippen LogP contribution in [0, 0.1) is 0 Å². The SMILES string of the molecule is COc1ccccc1CNC(=O)CCN(C)c1ccccc1. The van der Waals surface area contributed by atoms with Gasteiger partial charge >= 0.3 is 0 Å². The van der Waals surface area contributed by atoms with Gasteiger partial charge in [0.25, 0.3) is 0 Å². The molecule has 0 unspecified atom stereocenters. The van der Waals surface area contributed by atoms with E-state index in [0.717, 1.165) is 17.0 Å². The van der Waals surface area contributed by atoms with Gasteiger partial charge in [0, 0.05) is 37.8 Å². The minimum absolute atomic E-state index is 0.0358. The number of nitrogens with zero attached hydrogens (tertiary/aromatic N) is 1. The number of anilines is 1. The first-order chi connectivity index (χ1) is 10.7. The minimum atomic E-state index is 0.0358. The van der Waals surface area contributed by atoms with E-state index < -0.39 is 0 Å². The maximum absolute atomic E-state index is 12.0. The summed E-state index contributed by atoms with van der Waals surface area (Å²) < 4.78 is 5.27. The zero-order chi connectivity index (χ0) is 15.8. The summed E-state index contributed by atoms with van der Waals surface area (Å²) in [5.41, 5.74) is 2.09. The van der Waals surface area contributed by atoms with E-state index in [9.17, 15) is 4.79 Å². The van der Waals surface area contributed by atoms with Crippen LogP contribution in [0.1, 0.15) is 12.0 Å². The van der Waals surface area contributed by atoms with Gasteiger partial charge in [0.2, 0.25) is 5.91 Å². The lowest BCUT2D eigenvalue weighted by Gasteiger charge is -2.18. The Morgan fingerprint density at radius 3 is 2.50 bits per heavy atom. The number of carbonyl (C=O) groups is 1. The van der Waals surface area contributed by atoms with Crippen LogP contribution < -0.4 is 15.0 Å². The Hall–Kier alpha value is -2.49. The Morgan fingerprint density at radius 2 is 1.77 bits per heavy atom. The van der Waals surface area contributed by atoms with Crippen LogP contribution in [0.4, 0.5) is 5.69 Å². The van der Waals surface area contributed by atoms with Gasteiger partial charge in [-0.2, -0.15) is 0 Å². The fourth-order valence-corrected chi connectivity index (χ4v) is 2.21. The largest absolute Gasteiger partial charge is 0.496 e. The van der Waals surface area contributed by atoms with Crippen LogP contribution in [0.5, 0.6) is 5.75 Å². The van der Waals surface area contributed by atoms with Crippen molar-refractivity contribution in [3.05, 3.63) is 60.2 Å². The molecule has 22 heavy (non-hydrogen) atoms. The molecule has 1 amide bonds. The first-order valence-corrected chi connectivity index (χ1v) is 7.35. The molecule has 0 aliphatic carbocycles. The molecule has 2 rings (SSSR count). The summed E-state index contributed by atoms with van der Waals surface area (Å²) in [7, 11) is 3.62. The van der Waals surface area contributed by atoms with E-state index >= 15 is 0 Å². The lowest BCUT2D eigenvalue weighted by Crippen LogP contribution is -2.28. The Morgan fingerprint density at radius 1 is 1.09 bits per heavy atom. The van der Waals surface area contributed by atoms with Crippen molar-refractivity contribution in [1.29, 1.82) is 0 Å². The Bertz CT molecular complexity index is 599. The maximum Gasteiger partial charge on any atom is 0.222 e. The number of rotatable bonds is 7. The van der Waals surface area contributed by atoms with Crippen LogP contribution in [-0.2, 0) is 11.3 Å². The molecule has 116 valence electrons. The van der Waals surface area contributed by atoms with Gasteiger partial charge in [-0.05, 0) is 18.2 Å². The summed E-state index contributed by atoms with van der Waals surface area (Å²) in [6.07, 6.45) is 0.459. The lowest BCUT2D eigenvalue weighted by atomic mass is 10.2. The number of methoxy groups -OCH3 is 1. The molecule has 2 aromatic rings. The Kier molecular flexibility index (Phi) is 5.83. The Labute approximate surface area is 131 Å². The quantitative estimate of drug-likeness (QED) is 0.854. The van der Waals surface area contributed by atoms with Crippen molar-refractivity contribution in [2.75, 3.05) is 25.6 Å². The number of hydrogen-bond acceptors (Lipinski definition) is 3. The number of amides is 1. The third-order valence-corrected chi connectivity index (χ3v) is 3.54. The summed E-state index contributed by atoms with van der Waals surface area (Å²) in [5, 5.41) is 2.93. The second-order valence-electron chi connectivity index (χ2n) is 5.10. The number of hydrogen-bond donors (Lipinski definition) is 1. The molecule has 0 saturated heterocycles. The Balaban J connectivity index is 1.79. The summed E-state index contributed by atoms with van der Waals surface area (Å²) in [6.45, 7) is 1.17. The third-order valence-electron chi connectivity index (χ3n) is 3.54. The average molecular weight is 298 g/mol. The zero-order valence-corrected chi connectivity index (χ0v) is 13.1. The van der Waals surface area contributed by atoms with Crippen LogP contribution >= 0.6 is 0 Å². The fraction of sp³-hybridized carbons (Fsp3) is 0.278. The molecule has 4 nitrogen and oxygen atoms in total. The lowest BCUT2D eigenvalue weighted by molar-refractivity contribution is -0.121. The van der Waals surface area contributed by atoms with Gasteiger partial charge in [-0.3, -0.25) is 4.79 Å². The van der Waals surface area contributed by atoms with Gasteiger partial charge in [-0.15, -0.1) is 0 Å². The van der Waals surface area contributed by atoms with E-state index in [4.69, 9.17) is 4.74 Å². The van der Waals surface area contributed by atoms with Gasteiger partial charge in [-0.25, -0.2) is 0 Å². The number of ether oxygens (including phenoxy) is 1. The average Bonchev–Trinajstić information content (AvgIpc) is 2.58. The molecule has 0 aliphatic heterocycles. The van der Waals surface area contributed by atoms with Gasteiger partial charge in [0.15, 0.2) is 0 Å². The van der Waals surface area contributed by atoms with Crippen LogP contribution in [0.3, 0.4) is 0 Å². The van der Waals surface area contributed by atoms with Gasteiger partial charge < -0.3 is 15.0 Å². The first-order valence-electron chi connectivity index (χ1n) is 7.35. The number of carbonyl (C=O) groups excluding carboxylic acids is 1. The van der Waals surface area contributed by atoms with Gasteiger partial charge in [0.1, 0.15) is 5.75 Å².